The average Bonchev–Trinajstić information content (AvgIpc) is 2.08. The van der Waals surface area contributed by atoms with E-state index in [0.717, 1.165) is 0 Å². The summed E-state index contributed by atoms with van der Waals surface area (Å²) in [5.74, 6) is -0.219. The van der Waals surface area contributed by atoms with Crippen LogP contribution >= 0.6 is 27.5 Å². The number of aromatic nitrogens is 1. The second-order valence-corrected chi connectivity index (χ2v) is 3.29. The lowest BCUT2D eigenvalue weighted by molar-refractivity contribution is 0.0963. The van der Waals surface area contributed by atoms with Crippen LogP contribution in [0.2, 0.25) is 5.02 Å². The van der Waals surface area contributed by atoms with Crippen molar-refractivity contribution in [3.63, 3.8) is 0 Å². The van der Waals surface area contributed by atoms with E-state index in [1.165, 1.54) is 6.20 Å². The Bertz CT molecular complexity index is 316. The summed E-state index contributed by atoms with van der Waals surface area (Å²) in [7, 11) is 1.55. The van der Waals surface area contributed by atoms with Crippen LogP contribution in [0.5, 0.6) is 0 Å². The van der Waals surface area contributed by atoms with Gasteiger partial charge in [0.05, 0.1) is 10.6 Å². The molecular weight excluding hydrogens is 243 g/mol. The number of nitrogens with zero attached hydrogens (tertiary/aromatic N) is 1. The molecule has 1 rings (SSSR count). The molecule has 1 heterocycles. The summed E-state index contributed by atoms with van der Waals surface area (Å²) in [6.45, 7) is 0. The third kappa shape index (κ3) is 1.95. The van der Waals surface area contributed by atoms with Crippen molar-refractivity contribution in [3.05, 3.63) is 27.5 Å². The highest BCUT2D eigenvalue weighted by Gasteiger charge is 2.08. The van der Waals surface area contributed by atoms with E-state index in [1.807, 2.05) is 0 Å². The third-order valence-electron chi connectivity index (χ3n) is 1.29. The largest absolute Gasteiger partial charge is 0.355 e. The molecule has 0 aliphatic rings. The molecule has 64 valence electrons. The van der Waals surface area contributed by atoms with E-state index in [-0.39, 0.29) is 5.91 Å². The maximum absolute atomic E-state index is 11.1. The first kappa shape index (κ1) is 9.48. The van der Waals surface area contributed by atoms with Gasteiger partial charge in [-0.25, -0.2) is 4.98 Å². The summed E-state index contributed by atoms with van der Waals surface area (Å²) in [6.07, 6.45) is 1.43. The molecule has 0 saturated heterocycles. The summed E-state index contributed by atoms with van der Waals surface area (Å²) in [5, 5.41) is 2.82. The van der Waals surface area contributed by atoms with E-state index in [0.29, 0.717) is 15.2 Å². The zero-order valence-electron chi connectivity index (χ0n) is 6.27. The summed E-state index contributed by atoms with van der Waals surface area (Å²) in [4.78, 5) is 15.0. The third-order valence-corrected chi connectivity index (χ3v) is 2.03. The second-order valence-electron chi connectivity index (χ2n) is 2.07. The number of rotatable bonds is 1. The molecule has 0 radical (unpaired) electrons. The topological polar surface area (TPSA) is 42.0 Å². The van der Waals surface area contributed by atoms with Crippen LogP contribution in [0.25, 0.3) is 0 Å². The van der Waals surface area contributed by atoms with Gasteiger partial charge in [-0.1, -0.05) is 11.6 Å². The Hall–Kier alpha value is -0.610. The molecular formula is C7H6BrClN2O. The highest BCUT2D eigenvalue weighted by molar-refractivity contribution is 9.10. The van der Waals surface area contributed by atoms with Crippen LogP contribution in [0.4, 0.5) is 0 Å². The van der Waals surface area contributed by atoms with E-state index < -0.39 is 0 Å². The first-order chi connectivity index (χ1) is 5.65. The number of hydrogen-bond acceptors (Lipinski definition) is 2. The van der Waals surface area contributed by atoms with Crippen LogP contribution in [0.3, 0.4) is 0 Å². The van der Waals surface area contributed by atoms with Crippen LogP contribution in [0, 0.1) is 0 Å². The van der Waals surface area contributed by atoms with Gasteiger partial charge in [-0.3, -0.25) is 4.79 Å². The first-order valence-electron chi connectivity index (χ1n) is 3.18. The molecule has 0 fully saturated rings. The average molecular weight is 249 g/mol. The lowest BCUT2D eigenvalue weighted by Gasteiger charge is -2.01. The zero-order valence-corrected chi connectivity index (χ0v) is 8.61. The van der Waals surface area contributed by atoms with Crippen molar-refractivity contribution in [1.29, 1.82) is 0 Å². The van der Waals surface area contributed by atoms with Gasteiger partial charge in [0, 0.05) is 13.2 Å². The van der Waals surface area contributed by atoms with Gasteiger partial charge in [0.1, 0.15) is 4.60 Å². The summed E-state index contributed by atoms with van der Waals surface area (Å²) in [6, 6.07) is 1.57. The van der Waals surface area contributed by atoms with E-state index in [4.69, 9.17) is 11.6 Å². The second kappa shape index (κ2) is 3.87. The summed E-state index contributed by atoms with van der Waals surface area (Å²) in [5.41, 5.74) is 0.418. The van der Waals surface area contributed by atoms with Crippen molar-refractivity contribution in [3.8, 4) is 0 Å². The molecule has 0 aliphatic carbocycles. The number of halogens is 2. The first-order valence-corrected chi connectivity index (χ1v) is 4.35. The lowest BCUT2D eigenvalue weighted by atomic mass is 10.2. The Balaban J connectivity index is 3.13. The predicted molar refractivity (Wildman–Crippen MR) is 50.3 cm³/mol. The zero-order chi connectivity index (χ0) is 9.14. The fourth-order valence-electron chi connectivity index (χ4n) is 0.722. The van der Waals surface area contributed by atoms with Crippen LogP contribution in [0.1, 0.15) is 10.4 Å². The predicted octanol–water partition coefficient (Wildman–Crippen LogP) is 1.86. The van der Waals surface area contributed by atoms with Gasteiger partial charge in [0.25, 0.3) is 5.91 Å². The lowest BCUT2D eigenvalue weighted by Crippen LogP contribution is -2.18. The maximum atomic E-state index is 11.1. The number of carbonyl (C=O) groups is 1. The Labute approximate surface area is 83.3 Å². The molecule has 1 N–H and O–H groups in total. The smallest absolute Gasteiger partial charge is 0.252 e. The molecule has 1 amide bonds. The molecule has 5 heteroatoms. The number of hydrogen-bond donors (Lipinski definition) is 1. The molecule has 12 heavy (non-hydrogen) atoms. The number of pyridine rings is 1. The molecule has 1 aromatic heterocycles. The van der Waals surface area contributed by atoms with Crippen molar-refractivity contribution >= 4 is 33.4 Å². The quantitative estimate of drug-likeness (QED) is 0.772. The van der Waals surface area contributed by atoms with E-state index in [2.05, 4.69) is 26.2 Å². The Morgan fingerprint density at radius 2 is 2.42 bits per heavy atom. The van der Waals surface area contributed by atoms with Crippen molar-refractivity contribution in [2.75, 3.05) is 7.05 Å². The van der Waals surface area contributed by atoms with Crippen molar-refractivity contribution < 1.29 is 4.79 Å². The van der Waals surface area contributed by atoms with Gasteiger partial charge in [0.15, 0.2) is 0 Å². The van der Waals surface area contributed by atoms with Crippen molar-refractivity contribution in [1.82, 2.24) is 10.3 Å². The molecule has 0 spiro atoms. The van der Waals surface area contributed by atoms with E-state index >= 15 is 0 Å². The van der Waals surface area contributed by atoms with Gasteiger partial charge in [-0.05, 0) is 22.0 Å². The standard InChI is InChI=1S/C7H6BrClN2O/c1-10-7(12)4-2-6(8)11-3-5(4)9/h2-3H,1H3,(H,10,12). The molecule has 0 unspecified atom stereocenters. The highest BCUT2D eigenvalue weighted by Crippen LogP contribution is 2.17. The van der Waals surface area contributed by atoms with Crippen LogP contribution < -0.4 is 5.32 Å². The molecule has 3 nitrogen and oxygen atoms in total. The Kier molecular flexibility index (Phi) is 3.05. The Morgan fingerprint density at radius 1 is 1.75 bits per heavy atom. The molecule has 0 bridgehead atoms. The van der Waals surface area contributed by atoms with Gasteiger partial charge in [0.2, 0.25) is 0 Å². The molecule has 0 saturated carbocycles. The number of carbonyl (C=O) groups excluding carboxylic acids is 1. The van der Waals surface area contributed by atoms with Crippen molar-refractivity contribution in [2.45, 2.75) is 0 Å². The molecule has 0 atom stereocenters. The number of nitrogens with one attached hydrogen (secondary N) is 1. The SMILES string of the molecule is CNC(=O)c1cc(Br)ncc1Cl. The summed E-state index contributed by atoms with van der Waals surface area (Å²) < 4.78 is 0.588. The van der Waals surface area contributed by atoms with Gasteiger partial charge in [-0.2, -0.15) is 0 Å². The van der Waals surface area contributed by atoms with Gasteiger partial charge in [-0.15, -0.1) is 0 Å². The van der Waals surface area contributed by atoms with Crippen LogP contribution in [-0.4, -0.2) is 17.9 Å². The number of amides is 1. The maximum Gasteiger partial charge on any atom is 0.252 e. The molecule has 0 aliphatic heterocycles. The molecule has 0 aromatic carbocycles. The van der Waals surface area contributed by atoms with Crippen LogP contribution in [0.15, 0.2) is 16.9 Å². The van der Waals surface area contributed by atoms with Gasteiger partial charge >= 0.3 is 0 Å². The van der Waals surface area contributed by atoms with E-state index in [1.54, 1.807) is 13.1 Å². The monoisotopic (exact) mass is 248 g/mol. The Morgan fingerprint density at radius 3 is 3.00 bits per heavy atom. The summed E-state index contributed by atoms with van der Waals surface area (Å²) >= 11 is 8.87. The van der Waals surface area contributed by atoms with Crippen molar-refractivity contribution in [2.24, 2.45) is 0 Å². The fraction of sp³-hybridized carbons (Fsp3) is 0.143. The minimum atomic E-state index is -0.219. The normalized spacial score (nSPS) is 9.58. The van der Waals surface area contributed by atoms with Gasteiger partial charge < -0.3 is 5.32 Å². The fourth-order valence-corrected chi connectivity index (χ4v) is 1.24. The van der Waals surface area contributed by atoms with E-state index in [9.17, 15) is 4.79 Å². The highest BCUT2D eigenvalue weighted by atomic mass is 79.9. The minimum absolute atomic E-state index is 0.219. The molecule has 1 aromatic rings. The minimum Gasteiger partial charge on any atom is -0.355 e. The van der Waals surface area contributed by atoms with Crippen LogP contribution in [-0.2, 0) is 0 Å².